The second kappa shape index (κ2) is 4.26. The maximum Gasteiger partial charge on any atom is 0.313 e. The van der Waals surface area contributed by atoms with Crippen LogP contribution in [0.25, 0.3) is 0 Å². The van der Waals surface area contributed by atoms with Crippen molar-refractivity contribution in [3.63, 3.8) is 0 Å². The average molecular weight is 219 g/mol. The Hall–Kier alpha value is -1.35. The summed E-state index contributed by atoms with van der Waals surface area (Å²) in [6, 6.07) is 10.2. The van der Waals surface area contributed by atoms with E-state index < -0.39 is 5.41 Å². The minimum atomic E-state index is -0.435. The van der Waals surface area contributed by atoms with E-state index in [1.165, 1.54) is 12.7 Å². The summed E-state index contributed by atoms with van der Waals surface area (Å²) in [5, 5.41) is 0. The highest BCUT2D eigenvalue weighted by atomic mass is 16.5. The Bertz CT molecular complexity index is 369. The van der Waals surface area contributed by atoms with Crippen molar-refractivity contribution >= 4 is 5.97 Å². The fraction of sp³-hybridized carbons (Fsp3) is 0.462. The van der Waals surface area contributed by atoms with Crippen LogP contribution in [0.4, 0.5) is 0 Å². The normalized spacial score (nSPS) is 28.2. The SMILES string of the molecule is COC(=O)C1(CN)CC(c2ccccc2)C1. The van der Waals surface area contributed by atoms with Crippen LogP contribution in [0.1, 0.15) is 24.3 Å². The first kappa shape index (κ1) is 11.1. The number of ether oxygens (including phenoxy) is 1. The Morgan fingerprint density at radius 3 is 2.56 bits per heavy atom. The van der Waals surface area contributed by atoms with Crippen molar-refractivity contribution in [3.8, 4) is 0 Å². The van der Waals surface area contributed by atoms with E-state index in [1.807, 2.05) is 18.2 Å². The highest BCUT2D eigenvalue weighted by molar-refractivity contribution is 5.78. The average Bonchev–Trinajstić information content (AvgIpc) is 2.29. The van der Waals surface area contributed by atoms with Gasteiger partial charge in [0.1, 0.15) is 0 Å². The zero-order valence-corrected chi connectivity index (χ0v) is 9.48. The molecule has 0 bridgehead atoms. The highest BCUT2D eigenvalue weighted by Gasteiger charge is 2.50. The number of carbonyl (C=O) groups excluding carboxylic acids is 1. The van der Waals surface area contributed by atoms with Crippen LogP contribution in [0.5, 0.6) is 0 Å². The zero-order valence-electron chi connectivity index (χ0n) is 9.48. The molecule has 0 unspecified atom stereocenters. The first-order chi connectivity index (χ1) is 7.72. The Balaban J connectivity index is 2.06. The third-order valence-electron chi connectivity index (χ3n) is 3.55. The van der Waals surface area contributed by atoms with Crippen molar-refractivity contribution in [2.24, 2.45) is 11.1 Å². The summed E-state index contributed by atoms with van der Waals surface area (Å²) in [6.45, 7) is 0.378. The second-order valence-corrected chi connectivity index (χ2v) is 4.49. The van der Waals surface area contributed by atoms with E-state index >= 15 is 0 Å². The lowest BCUT2D eigenvalue weighted by molar-refractivity contribution is -0.158. The summed E-state index contributed by atoms with van der Waals surface area (Å²) in [5.74, 6) is 0.283. The minimum absolute atomic E-state index is 0.165. The topological polar surface area (TPSA) is 52.3 Å². The van der Waals surface area contributed by atoms with E-state index in [9.17, 15) is 4.79 Å². The van der Waals surface area contributed by atoms with Gasteiger partial charge in [-0.2, -0.15) is 0 Å². The molecular formula is C13H17NO2. The number of hydrogen-bond acceptors (Lipinski definition) is 3. The number of methoxy groups -OCH3 is 1. The van der Waals surface area contributed by atoms with E-state index in [4.69, 9.17) is 10.5 Å². The van der Waals surface area contributed by atoms with Crippen molar-refractivity contribution in [2.75, 3.05) is 13.7 Å². The number of nitrogens with two attached hydrogens (primary N) is 1. The summed E-state index contributed by atoms with van der Waals surface area (Å²) in [7, 11) is 1.43. The maximum absolute atomic E-state index is 11.6. The van der Waals surface area contributed by atoms with Crippen LogP contribution in [0.3, 0.4) is 0 Å². The van der Waals surface area contributed by atoms with E-state index in [-0.39, 0.29) is 5.97 Å². The predicted molar refractivity (Wildman–Crippen MR) is 61.9 cm³/mol. The van der Waals surface area contributed by atoms with Gasteiger partial charge in [0.2, 0.25) is 0 Å². The lowest BCUT2D eigenvalue weighted by Crippen LogP contribution is -2.48. The van der Waals surface area contributed by atoms with Gasteiger partial charge in [-0.05, 0) is 24.3 Å². The third-order valence-corrected chi connectivity index (χ3v) is 3.55. The molecule has 1 fully saturated rings. The van der Waals surface area contributed by atoms with Gasteiger partial charge in [-0.3, -0.25) is 4.79 Å². The van der Waals surface area contributed by atoms with Crippen LogP contribution in [0.15, 0.2) is 30.3 Å². The third kappa shape index (κ3) is 1.71. The van der Waals surface area contributed by atoms with Gasteiger partial charge in [0.05, 0.1) is 12.5 Å². The zero-order chi connectivity index (χ0) is 11.6. The monoisotopic (exact) mass is 219 g/mol. The molecule has 0 saturated heterocycles. The van der Waals surface area contributed by atoms with E-state index in [0.717, 1.165) is 12.8 Å². The summed E-state index contributed by atoms with van der Waals surface area (Å²) >= 11 is 0. The number of rotatable bonds is 3. The molecule has 1 aliphatic rings. The molecule has 3 heteroatoms. The van der Waals surface area contributed by atoms with Crippen molar-refractivity contribution in [1.29, 1.82) is 0 Å². The smallest absolute Gasteiger partial charge is 0.313 e. The van der Waals surface area contributed by atoms with Crippen LogP contribution in [0, 0.1) is 5.41 Å². The Morgan fingerprint density at radius 2 is 2.06 bits per heavy atom. The van der Waals surface area contributed by atoms with Gasteiger partial charge < -0.3 is 10.5 Å². The molecule has 0 aliphatic heterocycles. The standard InChI is InChI=1S/C13H17NO2/c1-16-12(15)13(9-14)7-11(8-13)10-5-3-2-4-6-10/h2-6,11H,7-9,14H2,1H3. The molecule has 1 aromatic rings. The van der Waals surface area contributed by atoms with E-state index in [1.54, 1.807) is 0 Å². The van der Waals surface area contributed by atoms with Gasteiger partial charge in [-0.25, -0.2) is 0 Å². The second-order valence-electron chi connectivity index (χ2n) is 4.49. The molecule has 2 N–H and O–H groups in total. The largest absolute Gasteiger partial charge is 0.469 e. The van der Waals surface area contributed by atoms with Gasteiger partial charge in [0.25, 0.3) is 0 Å². The fourth-order valence-electron chi connectivity index (χ4n) is 2.48. The van der Waals surface area contributed by atoms with E-state index in [0.29, 0.717) is 12.5 Å². The number of carbonyl (C=O) groups is 1. The van der Waals surface area contributed by atoms with Gasteiger partial charge in [0.15, 0.2) is 0 Å². The molecule has 0 amide bonds. The number of esters is 1. The summed E-state index contributed by atoms with van der Waals surface area (Å²) in [5.41, 5.74) is 6.54. The highest BCUT2D eigenvalue weighted by Crippen LogP contribution is 2.51. The molecule has 0 radical (unpaired) electrons. The molecule has 1 saturated carbocycles. The van der Waals surface area contributed by atoms with Crippen LogP contribution < -0.4 is 5.73 Å². The molecule has 1 aromatic carbocycles. The van der Waals surface area contributed by atoms with Crippen molar-refractivity contribution < 1.29 is 9.53 Å². The van der Waals surface area contributed by atoms with Gasteiger partial charge >= 0.3 is 5.97 Å². The lowest BCUT2D eigenvalue weighted by Gasteiger charge is -2.44. The molecule has 86 valence electrons. The van der Waals surface area contributed by atoms with Gasteiger partial charge in [-0.1, -0.05) is 30.3 Å². The first-order valence-corrected chi connectivity index (χ1v) is 5.55. The molecular weight excluding hydrogens is 202 g/mol. The number of benzene rings is 1. The van der Waals surface area contributed by atoms with Crippen LogP contribution in [0.2, 0.25) is 0 Å². The van der Waals surface area contributed by atoms with Crippen molar-refractivity contribution in [3.05, 3.63) is 35.9 Å². The van der Waals surface area contributed by atoms with Crippen molar-refractivity contribution in [1.82, 2.24) is 0 Å². The summed E-state index contributed by atoms with van der Waals surface area (Å²) in [6.07, 6.45) is 1.61. The van der Waals surface area contributed by atoms with Gasteiger partial charge in [-0.15, -0.1) is 0 Å². The van der Waals surface area contributed by atoms with Gasteiger partial charge in [0, 0.05) is 6.54 Å². The summed E-state index contributed by atoms with van der Waals surface area (Å²) < 4.78 is 4.81. The first-order valence-electron chi connectivity index (χ1n) is 5.55. The molecule has 2 rings (SSSR count). The maximum atomic E-state index is 11.6. The molecule has 1 aliphatic carbocycles. The minimum Gasteiger partial charge on any atom is -0.469 e. The molecule has 16 heavy (non-hydrogen) atoms. The number of hydrogen-bond donors (Lipinski definition) is 1. The van der Waals surface area contributed by atoms with Crippen LogP contribution in [-0.2, 0) is 9.53 Å². The summed E-state index contributed by atoms with van der Waals surface area (Å²) in [4.78, 5) is 11.6. The quantitative estimate of drug-likeness (QED) is 0.787. The molecule has 0 spiro atoms. The Morgan fingerprint density at radius 1 is 1.44 bits per heavy atom. The van der Waals surface area contributed by atoms with E-state index in [2.05, 4.69) is 12.1 Å². The Kier molecular flexibility index (Phi) is 2.97. The van der Waals surface area contributed by atoms with Crippen LogP contribution in [-0.4, -0.2) is 19.6 Å². The lowest BCUT2D eigenvalue weighted by atomic mass is 9.60. The fourth-order valence-corrected chi connectivity index (χ4v) is 2.48. The van der Waals surface area contributed by atoms with Crippen LogP contribution >= 0.6 is 0 Å². The molecule has 0 heterocycles. The predicted octanol–water partition coefficient (Wildman–Crippen LogP) is 1.68. The van der Waals surface area contributed by atoms with Crippen molar-refractivity contribution in [2.45, 2.75) is 18.8 Å². The molecule has 0 aromatic heterocycles. The molecule has 0 atom stereocenters. The molecule has 3 nitrogen and oxygen atoms in total. The Labute approximate surface area is 95.6 Å².